The Kier molecular flexibility index (Phi) is 2.36. The predicted octanol–water partition coefficient (Wildman–Crippen LogP) is 2.92. The van der Waals surface area contributed by atoms with Crippen molar-refractivity contribution in [2.24, 2.45) is 0 Å². The van der Waals surface area contributed by atoms with Crippen LogP contribution in [0.2, 0.25) is 5.15 Å². The largest absolute Gasteiger partial charge is 0.266 e. The quantitative estimate of drug-likeness (QED) is 0.731. The molecular weight excluding hydrogens is 236 g/mol. The number of nitrogens with zero attached hydrogens (tertiary/aromatic N) is 4. The van der Waals surface area contributed by atoms with Crippen LogP contribution in [0, 0.1) is 6.92 Å². The maximum atomic E-state index is 5.94. The predicted molar refractivity (Wildman–Crippen MR) is 66.3 cm³/mol. The van der Waals surface area contributed by atoms with Crippen LogP contribution in [-0.2, 0) is 5.41 Å². The molecule has 0 unspecified atom stereocenters. The van der Waals surface area contributed by atoms with Crippen LogP contribution < -0.4 is 0 Å². The van der Waals surface area contributed by atoms with Gasteiger partial charge in [0.1, 0.15) is 16.8 Å². The number of hydrogen-bond acceptors (Lipinski definition) is 3. The van der Waals surface area contributed by atoms with E-state index in [1.54, 1.807) is 6.07 Å². The van der Waals surface area contributed by atoms with Crippen LogP contribution in [0.4, 0.5) is 0 Å². The third kappa shape index (κ3) is 1.62. The summed E-state index contributed by atoms with van der Waals surface area (Å²) in [5.74, 6) is 1.90. The van der Waals surface area contributed by atoms with Crippen molar-refractivity contribution in [1.82, 2.24) is 19.6 Å². The average molecular weight is 251 g/mol. The highest BCUT2D eigenvalue weighted by Crippen LogP contribution is 2.39. The van der Waals surface area contributed by atoms with E-state index in [2.05, 4.69) is 22.1 Å². The Balaban J connectivity index is 2.24. The van der Waals surface area contributed by atoms with Crippen molar-refractivity contribution in [2.75, 3.05) is 0 Å². The Labute approximate surface area is 105 Å². The van der Waals surface area contributed by atoms with Crippen LogP contribution in [0.15, 0.2) is 6.07 Å². The maximum absolute atomic E-state index is 5.94. The van der Waals surface area contributed by atoms with Crippen molar-refractivity contribution in [3.8, 4) is 0 Å². The standard InChI is InChI=1S/C12H15ClN4/c1-8-14-9(13)7-10-15-16-11(17(8)10)12(2)5-3-4-6-12/h7H,3-6H2,1-2H3. The third-order valence-electron chi connectivity index (χ3n) is 3.78. The monoisotopic (exact) mass is 250 g/mol. The van der Waals surface area contributed by atoms with Crippen molar-refractivity contribution >= 4 is 17.2 Å². The highest BCUT2D eigenvalue weighted by Gasteiger charge is 2.35. The first-order valence-electron chi connectivity index (χ1n) is 5.99. The molecule has 2 aromatic rings. The molecule has 17 heavy (non-hydrogen) atoms. The fourth-order valence-electron chi connectivity index (χ4n) is 2.82. The van der Waals surface area contributed by atoms with E-state index in [4.69, 9.17) is 11.6 Å². The normalized spacial score (nSPS) is 19.0. The zero-order valence-corrected chi connectivity index (χ0v) is 10.8. The smallest absolute Gasteiger partial charge is 0.165 e. The molecule has 2 heterocycles. The molecule has 0 aliphatic heterocycles. The van der Waals surface area contributed by atoms with Gasteiger partial charge in [-0.2, -0.15) is 0 Å². The second kappa shape index (κ2) is 3.67. The Hall–Kier alpha value is -1.16. The van der Waals surface area contributed by atoms with Gasteiger partial charge in [0, 0.05) is 11.5 Å². The fraction of sp³-hybridized carbons (Fsp3) is 0.583. The number of rotatable bonds is 1. The molecule has 0 bridgehead atoms. The van der Waals surface area contributed by atoms with E-state index in [-0.39, 0.29) is 5.41 Å². The summed E-state index contributed by atoms with van der Waals surface area (Å²) < 4.78 is 2.04. The summed E-state index contributed by atoms with van der Waals surface area (Å²) in [6.07, 6.45) is 4.89. The van der Waals surface area contributed by atoms with E-state index < -0.39 is 0 Å². The summed E-state index contributed by atoms with van der Waals surface area (Å²) >= 11 is 5.94. The van der Waals surface area contributed by atoms with Crippen LogP contribution in [0.3, 0.4) is 0 Å². The van der Waals surface area contributed by atoms with Gasteiger partial charge in [0.25, 0.3) is 0 Å². The molecular formula is C12H15ClN4. The van der Waals surface area contributed by atoms with Crippen LogP contribution in [0.1, 0.15) is 44.3 Å². The molecule has 1 fully saturated rings. The van der Waals surface area contributed by atoms with Gasteiger partial charge in [-0.3, -0.25) is 4.40 Å². The lowest BCUT2D eigenvalue weighted by Crippen LogP contribution is -2.21. The van der Waals surface area contributed by atoms with Crippen LogP contribution in [0.25, 0.3) is 5.65 Å². The molecule has 0 atom stereocenters. The molecule has 4 nitrogen and oxygen atoms in total. The molecule has 0 amide bonds. The number of fused-ring (bicyclic) bond motifs is 1. The fourth-order valence-corrected chi connectivity index (χ4v) is 3.04. The second-order valence-corrected chi connectivity index (χ2v) is 5.50. The minimum Gasteiger partial charge on any atom is -0.266 e. The second-order valence-electron chi connectivity index (χ2n) is 5.11. The van der Waals surface area contributed by atoms with E-state index in [1.165, 1.54) is 25.7 Å². The molecule has 1 aliphatic carbocycles. The topological polar surface area (TPSA) is 43.1 Å². The van der Waals surface area contributed by atoms with Crippen LogP contribution in [-0.4, -0.2) is 19.6 Å². The van der Waals surface area contributed by atoms with Crippen molar-refractivity contribution in [1.29, 1.82) is 0 Å². The zero-order chi connectivity index (χ0) is 12.0. The summed E-state index contributed by atoms with van der Waals surface area (Å²) in [4.78, 5) is 4.29. The lowest BCUT2D eigenvalue weighted by molar-refractivity contribution is 0.451. The molecule has 0 aromatic carbocycles. The highest BCUT2D eigenvalue weighted by molar-refractivity contribution is 6.29. The van der Waals surface area contributed by atoms with Crippen molar-refractivity contribution in [3.05, 3.63) is 22.9 Å². The molecule has 0 saturated heterocycles. The Morgan fingerprint density at radius 1 is 1.29 bits per heavy atom. The minimum absolute atomic E-state index is 0.139. The first-order valence-corrected chi connectivity index (χ1v) is 6.37. The summed E-state index contributed by atoms with van der Waals surface area (Å²) in [6.45, 7) is 4.22. The van der Waals surface area contributed by atoms with Crippen molar-refractivity contribution in [3.63, 3.8) is 0 Å². The first-order chi connectivity index (χ1) is 8.10. The molecule has 0 N–H and O–H groups in total. The van der Waals surface area contributed by atoms with Gasteiger partial charge in [-0.1, -0.05) is 31.4 Å². The molecule has 5 heteroatoms. The van der Waals surface area contributed by atoms with Gasteiger partial charge in [0.15, 0.2) is 5.65 Å². The number of aryl methyl sites for hydroxylation is 1. The average Bonchev–Trinajstić information content (AvgIpc) is 2.84. The minimum atomic E-state index is 0.139. The molecule has 2 aromatic heterocycles. The zero-order valence-electron chi connectivity index (χ0n) is 10.1. The van der Waals surface area contributed by atoms with E-state index in [0.717, 1.165) is 17.3 Å². The summed E-state index contributed by atoms with van der Waals surface area (Å²) in [6, 6.07) is 1.77. The Morgan fingerprint density at radius 3 is 2.71 bits per heavy atom. The number of hydrogen-bond donors (Lipinski definition) is 0. The van der Waals surface area contributed by atoms with Crippen LogP contribution >= 0.6 is 11.6 Å². The Bertz CT molecular complexity index is 569. The Morgan fingerprint density at radius 2 is 2.00 bits per heavy atom. The van der Waals surface area contributed by atoms with E-state index in [1.807, 2.05) is 11.3 Å². The molecule has 3 rings (SSSR count). The summed E-state index contributed by atoms with van der Waals surface area (Å²) in [5.41, 5.74) is 0.935. The van der Waals surface area contributed by atoms with E-state index in [0.29, 0.717) is 5.15 Å². The summed E-state index contributed by atoms with van der Waals surface area (Å²) in [5, 5.41) is 9.06. The third-order valence-corrected chi connectivity index (χ3v) is 3.97. The van der Waals surface area contributed by atoms with Gasteiger partial charge in [-0.25, -0.2) is 4.98 Å². The number of aromatic nitrogens is 4. The van der Waals surface area contributed by atoms with Gasteiger partial charge < -0.3 is 0 Å². The molecule has 0 spiro atoms. The van der Waals surface area contributed by atoms with Crippen molar-refractivity contribution < 1.29 is 0 Å². The number of halogens is 1. The van der Waals surface area contributed by atoms with E-state index >= 15 is 0 Å². The van der Waals surface area contributed by atoms with Gasteiger partial charge in [-0.05, 0) is 19.8 Å². The van der Waals surface area contributed by atoms with Gasteiger partial charge >= 0.3 is 0 Å². The van der Waals surface area contributed by atoms with Gasteiger partial charge in [-0.15, -0.1) is 10.2 Å². The van der Waals surface area contributed by atoms with Gasteiger partial charge in [0.2, 0.25) is 0 Å². The lowest BCUT2D eigenvalue weighted by Gasteiger charge is -2.21. The van der Waals surface area contributed by atoms with Crippen LogP contribution in [0.5, 0.6) is 0 Å². The molecule has 1 saturated carbocycles. The maximum Gasteiger partial charge on any atom is 0.165 e. The molecule has 90 valence electrons. The highest BCUT2D eigenvalue weighted by atomic mass is 35.5. The SMILES string of the molecule is Cc1nc(Cl)cc2nnc(C3(C)CCCC3)n12. The van der Waals surface area contributed by atoms with E-state index in [9.17, 15) is 0 Å². The molecule has 1 aliphatic rings. The summed E-state index contributed by atoms with van der Waals surface area (Å²) in [7, 11) is 0. The van der Waals surface area contributed by atoms with Crippen molar-refractivity contribution in [2.45, 2.75) is 44.9 Å². The first kappa shape index (κ1) is 11.0. The molecule has 0 radical (unpaired) electrons. The van der Waals surface area contributed by atoms with Gasteiger partial charge in [0.05, 0.1) is 0 Å². The lowest BCUT2D eigenvalue weighted by atomic mass is 9.88.